The van der Waals surface area contributed by atoms with Gasteiger partial charge in [0, 0.05) is 35.6 Å². The number of rotatable bonds is 9. The zero-order valence-corrected chi connectivity index (χ0v) is 26.6. The molecular weight excluding hydrogens is 574 g/mol. The molecule has 0 bridgehead atoms. The van der Waals surface area contributed by atoms with Crippen LogP contribution in [-0.2, 0) is 31.4 Å². The zero-order valence-electron chi connectivity index (χ0n) is 25.7. The Morgan fingerprint density at radius 2 is 1.55 bits per heavy atom. The molecule has 8 nitrogen and oxygen atoms in total. The van der Waals surface area contributed by atoms with Crippen molar-refractivity contribution < 1.29 is 22.7 Å². The highest BCUT2D eigenvalue weighted by atomic mass is 32.2. The third-order valence-corrected chi connectivity index (χ3v) is 9.64. The van der Waals surface area contributed by atoms with Crippen LogP contribution in [0.1, 0.15) is 64.5 Å². The third kappa shape index (κ3) is 7.57. The fraction of sp³-hybridized carbons (Fsp3) is 0.371. The van der Waals surface area contributed by atoms with Crippen molar-refractivity contribution >= 4 is 32.8 Å². The van der Waals surface area contributed by atoms with Gasteiger partial charge in [-0.2, -0.15) is 0 Å². The zero-order chi connectivity index (χ0) is 31.5. The SMILES string of the molecule is Cn1c(-c2ccccc2)cc2cc(S(=O)(=O)NC3CCC(C(=O)NC(CC(=O)OC(C)(C)C)c4ccccc4)CC3)ccc21. The van der Waals surface area contributed by atoms with E-state index < -0.39 is 21.7 Å². The number of carbonyl (C=O) groups excluding carboxylic acids is 2. The van der Waals surface area contributed by atoms with Crippen LogP contribution >= 0.6 is 0 Å². The minimum atomic E-state index is -3.75. The monoisotopic (exact) mass is 615 g/mol. The van der Waals surface area contributed by atoms with E-state index in [1.54, 1.807) is 12.1 Å². The molecule has 1 aliphatic rings. The first-order valence-corrected chi connectivity index (χ1v) is 16.6. The minimum Gasteiger partial charge on any atom is -0.460 e. The molecule has 0 radical (unpaired) electrons. The van der Waals surface area contributed by atoms with E-state index in [1.807, 2.05) is 101 Å². The van der Waals surface area contributed by atoms with E-state index in [4.69, 9.17) is 4.74 Å². The average Bonchev–Trinajstić information content (AvgIpc) is 3.32. The summed E-state index contributed by atoms with van der Waals surface area (Å²) in [6.45, 7) is 5.44. The number of nitrogens with zero attached hydrogens (tertiary/aromatic N) is 1. The number of fused-ring (bicyclic) bond motifs is 1. The second-order valence-electron chi connectivity index (χ2n) is 12.6. The molecule has 1 unspecified atom stereocenters. The number of ether oxygens (including phenoxy) is 1. The first-order chi connectivity index (χ1) is 20.9. The highest BCUT2D eigenvalue weighted by Gasteiger charge is 2.31. The van der Waals surface area contributed by atoms with E-state index in [0.717, 1.165) is 27.7 Å². The first kappa shape index (κ1) is 31.5. The van der Waals surface area contributed by atoms with Gasteiger partial charge < -0.3 is 14.6 Å². The lowest BCUT2D eigenvalue weighted by atomic mass is 9.85. The summed E-state index contributed by atoms with van der Waals surface area (Å²) in [5.41, 5.74) is 3.25. The molecule has 1 saturated carbocycles. The number of hydrogen-bond donors (Lipinski definition) is 2. The summed E-state index contributed by atoms with van der Waals surface area (Å²) >= 11 is 0. The quantitative estimate of drug-likeness (QED) is 0.216. The van der Waals surface area contributed by atoms with Crippen molar-refractivity contribution in [3.8, 4) is 11.3 Å². The maximum atomic E-state index is 13.4. The molecule has 1 aromatic heterocycles. The average molecular weight is 616 g/mol. The van der Waals surface area contributed by atoms with E-state index in [1.165, 1.54) is 0 Å². The second-order valence-corrected chi connectivity index (χ2v) is 14.3. The van der Waals surface area contributed by atoms with Crippen LogP contribution in [0, 0.1) is 5.92 Å². The van der Waals surface area contributed by atoms with E-state index >= 15 is 0 Å². The van der Waals surface area contributed by atoms with Crippen LogP contribution in [0.25, 0.3) is 22.2 Å². The molecule has 0 spiro atoms. The highest BCUT2D eigenvalue weighted by Crippen LogP contribution is 2.31. The van der Waals surface area contributed by atoms with Crippen molar-refractivity contribution in [2.75, 3.05) is 0 Å². The van der Waals surface area contributed by atoms with Crippen LogP contribution in [-0.4, -0.2) is 36.5 Å². The van der Waals surface area contributed by atoms with Gasteiger partial charge in [-0.3, -0.25) is 9.59 Å². The Morgan fingerprint density at radius 1 is 0.909 bits per heavy atom. The van der Waals surface area contributed by atoms with Gasteiger partial charge in [0.15, 0.2) is 0 Å². The van der Waals surface area contributed by atoms with Crippen molar-refractivity contribution in [3.05, 3.63) is 90.5 Å². The number of sulfonamides is 1. The predicted octanol–water partition coefficient (Wildman–Crippen LogP) is 6.27. The Labute approximate surface area is 259 Å². The van der Waals surface area contributed by atoms with Crippen molar-refractivity contribution in [3.63, 3.8) is 0 Å². The third-order valence-electron chi connectivity index (χ3n) is 8.12. The number of hydrogen-bond acceptors (Lipinski definition) is 5. The molecule has 1 aliphatic carbocycles. The smallest absolute Gasteiger partial charge is 0.308 e. The Morgan fingerprint density at radius 3 is 2.18 bits per heavy atom. The van der Waals surface area contributed by atoms with Gasteiger partial charge in [0.2, 0.25) is 15.9 Å². The van der Waals surface area contributed by atoms with Gasteiger partial charge in [0.1, 0.15) is 5.60 Å². The molecule has 3 aromatic carbocycles. The summed E-state index contributed by atoms with van der Waals surface area (Å²) in [7, 11) is -1.77. The summed E-state index contributed by atoms with van der Waals surface area (Å²) in [4.78, 5) is 26.1. The van der Waals surface area contributed by atoms with Crippen LogP contribution in [0.4, 0.5) is 0 Å². The Balaban J connectivity index is 1.21. The molecule has 1 fully saturated rings. The lowest BCUT2D eigenvalue weighted by Gasteiger charge is -2.30. The van der Waals surface area contributed by atoms with E-state index in [-0.39, 0.29) is 35.2 Å². The molecule has 4 aromatic rings. The van der Waals surface area contributed by atoms with Crippen LogP contribution < -0.4 is 10.0 Å². The lowest BCUT2D eigenvalue weighted by Crippen LogP contribution is -2.42. The summed E-state index contributed by atoms with van der Waals surface area (Å²) in [5, 5.41) is 3.92. The maximum absolute atomic E-state index is 13.4. The van der Waals surface area contributed by atoms with Crippen LogP contribution in [0.15, 0.2) is 89.8 Å². The lowest BCUT2D eigenvalue weighted by molar-refractivity contribution is -0.155. The molecule has 0 aliphatic heterocycles. The topological polar surface area (TPSA) is 107 Å². The molecule has 1 atom stereocenters. The number of nitrogens with one attached hydrogen (secondary N) is 2. The fourth-order valence-corrected chi connectivity index (χ4v) is 7.26. The van der Waals surface area contributed by atoms with Crippen molar-refractivity contribution in [2.45, 2.75) is 75.5 Å². The molecule has 9 heteroatoms. The number of amides is 1. The van der Waals surface area contributed by atoms with Gasteiger partial charge in [0.05, 0.1) is 17.4 Å². The largest absolute Gasteiger partial charge is 0.460 e. The molecule has 1 amide bonds. The molecule has 44 heavy (non-hydrogen) atoms. The Kier molecular flexibility index (Phi) is 9.27. The molecule has 232 valence electrons. The number of carbonyl (C=O) groups is 2. The predicted molar refractivity (Wildman–Crippen MR) is 172 cm³/mol. The van der Waals surface area contributed by atoms with Gasteiger partial charge >= 0.3 is 5.97 Å². The van der Waals surface area contributed by atoms with Crippen molar-refractivity contribution in [1.29, 1.82) is 0 Å². The van der Waals surface area contributed by atoms with Gasteiger partial charge in [0.25, 0.3) is 0 Å². The summed E-state index contributed by atoms with van der Waals surface area (Å²) in [6.07, 6.45) is 2.22. The molecule has 1 heterocycles. The standard InChI is InChI=1S/C35H41N3O5S/c1-35(2,3)43-33(39)23-30(24-11-7-5-8-12-24)36-34(40)26-15-17-28(18-16-26)37-44(41,42)29-19-20-31-27(21-29)22-32(38(31)4)25-13-9-6-10-14-25/h5-14,19-22,26,28,30,37H,15-18,23H2,1-4H3,(H,36,40). The number of aryl methyl sites for hydroxylation is 1. The summed E-state index contributed by atoms with van der Waals surface area (Å²) < 4.78 is 37.2. The first-order valence-electron chi connectivity index (χ1n) is 15.1. The minimum absolute atomic E-state index is 0.0285. The van der Waals surface area contributed by atoms with Crippen LogP contribution in [0.3, 0.4) is 0 Å². The molecule has 0 saturated heterocycles. The summed E-state index contributed by atoms with van der Waals surface area (Å²) in [5.74, 6) is -0.778. The van der Waals surface area contributed by atoms with Crippen molar-refractivity contribution in [2.24, 2.45) is 13.0 Å². The van der Waals surface area contributed by atoms with Gasteiger partial charge in [-0.25, -0.2) is 13.1 Å². The molecule has 5 rings (SSSR count). The number of aromatic nitrogens is 1. The van der Waals surface area contributed by atoms with E-state index in [2.05, 4.69) is 14.6 Å². The molecule has 2 N–H and O–H groups in total. The maximum Gasteiger partial charge on any atom is 0.308 e. The second kappa shape index (κ2) is 13.0. The normalized spacial score (nSPS) is 18.1. The Bertz CT molecular complexity index is 1720. The van der Waals surface area contributed by atoms with Gasteiger partial charge in [-0.15, -0.1) is 0 Å². The number of esters is 1. The summed E-state index contributed by atoms with van der Waals surface area (Å²) in [6, 6.07) is 25.9. The van der Waals surface area contributed by atoms with Gasteiger partial charge in [-0.1, -0.05) is 60.7 Å². The number of benzene rings is 3. The van der Waals surface area contributed by atoms with E-state index in [9.17, 15) is 18.0 Å². The van der Waals surface area contributed by atoms with Crippen LogP contribution in [0.5, 0.6) is 0 Å². The highest BCUT2D eigenvalue weighted by molar-refractivity contribution is 7.89. The Hall–Kier alpha value is -3.95. The van der Waals surface area contributed by atoms with Gasteiger partial charge in [-0.05, 0) is 81.8 Å². The van der Waals surface area contributed by atoms with E-state index in [0.29, 0.717) is 25.7 Å². The van der Waals surface area contributed by atoms with Crippen LogP contribution in [0.2, 0.25) is 0 Å². The van der Waals surface area contributed by atoms with Crippen molar-refractivity contribution in [1.82, 2.24) is 14.6 Å². The molecular formula is C35H41N3O5S. The fourth-order valence-electron chi connectivity index (χ4n) is 5.92.